The van der Waals surface area contributed by atoms with E-state index in [1.165, 1.54) is 17.7 Å². The first-order valence-electron chi connectivity index (χ1n) is 11.5. The fourth-order valence-electron chi connectivity index (χ4n) is 4.12. The van der Waals surface area contributed by atoms with Crippen LogP contribution in [0.5, 0.6) is 0 Å². The Balaban J connectivity index is 0.00000341. The lowest BCUT2D eigenvalue weighted by molar-refractivity contribution is 0.0132. The van der Waals surface area contributed by atoms with Crippen molar-refractivity contribution in [3.05, 3.63) is 42.0 Å². The first-order valence-corrected chi connectivity index (χ1v) is 11.5. The fraction of sp³-hybridized carbons (Fsp3) is 0.625. The highest BCUT2D eigenvalue weighted by atomic mass is 127. The summed E-state index contributed by atoms with van der Waals surface area (Å²) in [6.07, 6.45) is 5.62. The van der Waals surface area contributed by atoms with Gasteiger partial charge in [0.15, 0.2) is 5.96 Å². The third-order valence-corrected chi connectivity index (χ3v) is 5.67. The second-order valence-electron chi connectivity index (χ2n) is 8.55. The lowest BCUT2D eigenvalue weighted by Gasteiger charge is -2.35. The van der Waals surface area contributed by atoms with Crippen LogP contribution >= 0.6 is 24.0 Å². The van der Waals surface area contributed by atoms with Crippen LogP contribution in [0.1, 0.15) is 32.8 Å². The molecule has 31 heavy (non-hydrogen) atoms. The van der Waals surface area contributed by atoms with Gasteiger partial charge in [-0.1, -0.05) is 38.1 Å². The highest BCUT2D eigenvalue weighted by molar-refractivity contribution is 14.0. The molecule has 1 unspecified atom stereocenters. The first kappa shape index (κ1) is 25.9. The summed E-state index contributed by atoms with van der Waals surface area (Å²) < 4.78 is 5.55. The fourth-order valence-corrected chi connectivity index (χ4v) is 4.12. The Labute approximate surface area is 205 Å². The molecule has 2 heterocycles. The molecule has 1 aromatic rings. The predicted octanol–water partition coefficient (Wildman–Crippen LogP) is 3.48. The minimum Gasteiger partial charge on any atom is -0.379 e. The zero-order valence-corrected chi connectivity index (χ0v) is 21.7. The smallest absolute Gasteiger partial charge is 0.191 e. The average Bonchev–Trinajstić information content (AvgIpc) is 3.30. The molecular formula is C24H40IN5O. The third kappa shape index (κ3) is 8.61. The molecule has 0 aliphatic carbocycles. The number of ether oxygens (including phenoxy) is 1. The van der Waals surface area contributed by atoms with E-state index in [9.17, 15) is 0 Å². The van der Waals surface area contributed by atoms with Crippen molar-refractivity contribution in [2.75, 3.05) is 57.4 Å². The first-order chi connectivity index (χ1) is 14.7. The summed E-state index contributed by atoms with van der Waals surface area (Å²) in [5.74, 6) is 1.56. The van der Waals surface area contributed by atoms with Crippen molar-refractivity contribution in [3.8, 4) is 0 Å². The average molecular weight is 542 g/mol. The van der Waals surface area contributed by atoms with E-state index < -0.39 is 0 Å². The van der Waals surface area contributed by atoms with Gasteiger partial charge in [-0.2, -0.15) is 0 Å². The van der Waals surface area contributed by atoms with Gasteiger partial charge in [0.25, 0.3) is 0 Å². The summed E-state index contributed by atoms with van der Waals surface area (Å²) in [4.78, 5) is 9.80. The number of nitrogens with one attached hydrogen (secondary N) is 2. The van der Waals surface area contributed by atoms with Crippen LogP contribution in [0, 0.1) is 5.92 Å². The van der Waals surface area contributed by atoms with Gasteiger partial charge >= 0.3 is 0 Å². The standard InChI is InChI=1S/C24H39N5O.HI/c1-4-25-24(27-19-23(16-20(2)3)29-12-14-30-15-13-29)26-18-21-8-7-9-22(17-21)28-10-5-6-11-28;/h5-9,17,20,23H,4,10-16,18-19H2,1-3H3,(H2,25,26,27);1H. The molecule has 2 aliphatic rings. The largest absolute Gasteiger partial charge is 0.379 e. The molecular weight excluding hydrogens is 501 g/mol. The van der Waals surface area contributed by atoms with Crippen LogP contribution in [0.4, 0.5) is 5.69 Å². The maximum absolute atomic E-state index is 5.55. The van der Waals surface area contributed by atoms with E-state index in [1.54, 1.807) is 0 Å². The van der Waals surface area contributed by atoms with Gasteiger partial charge in [0.2, 0.25) is 0 Å². The van der Waals surface area contributed by atoms with Crippen LogP contribution in [0.3, 0.4) is 0 Å². The molecule has 0 spiro atoms. The lowest BCUT2D eigenvalue weighted by Crippen LogP contribution is -2.51. The van der Waals surface area contributed by atoms with Crippen molar-refractivity contribution >= 4 is 35.6 Å². The van der Waals surface area contributed by atoms with Crippen molar-refractivity contribution in [3.63, 3.8) is 0 Å². The number of halogens is 1. The normalized spacial score (nSPS) is 18.2. The molecule has 6 nitrogen and oxygen atoms in total. The van der Waals surface area contributed by atoms with E-state index in [4.69, 9.17) is 9.73 Å². The van der Waals surface area contributed by atoms with E-state index in [1.807, 2.05) is 0 Å². The molecule has 2 aliphatic heterocycles. The lowest BCUT2D eigenvalue weighted by atomic mass is 10.0. The number of anilines is 1. The Bertz CT molecular complexity index is 695. The molecule has 0 radical (unpaired) electrons. The van der Waals surface area contributed by atoms with Crippen molar-refractivity contribution in [2.45, 2.75) is 39.8 Å². The number of guanidine groups is 1. The van der Waals surface area contributed by atoms with E-state index in [0.717, 1.165) is 58.4 Å². The number of nitrogens with zero attached hydrogens (tertiary/aromatic N) is 3. The summed E-state index contributed by atoms with van der Waals surface area (Å²) in [5, 5.41) is 7.01. The van der Waals surface area contributed by atoms with Gasteiger partial charge in [-0.15, -0.1) is 24.0 Å². The Kier molecular flexibility index (Phi) is 11.7. The summed E-state index contributed by atoms with van der Waals surface area (Å²) in [6.45, 7) is 14.9. The zero-order chi connectivity index (χ0) is 21.2. The second-order valence-corrected chi connectivity index (χ2v) is 8.55. The van der Waals surface area contributed by atoms with E-state index in [-0.39, 0.29) is 24.0 Å². The van der Waals surface area contributed by atoms with Crippen LogP contribution in [0.15, 0.2) is 41.4 Å². The molecule has 0 amide bonds. The molecule has 1 saturated heterocycles. The van der Waals surface area contributed by atoms with Crippen molar-refractivity contribution in [1.29, 1.82) is 0 Å². The summed E-state index contributed by atoms with van der Waals surface area (Å²) in [7, 11) is 0. The number of aliphatic imine (C=N–C) groups is 1. The third-order valence-electron chi connectivity index (χ3n) is 5.67. The highest BCUT2D eigenvalue weighted by Gasteiger charge is 2.22. The molecule has 0 aromatic heterocycles. The van der Waals surface area contributed by atoms with Gasteiger partial charge in [-0.05, 0) is 37.0 Å². The van der Waals surface area contributed by atoms with Crippen molar-refractivity contribution in [1.82, 2.24) is 15.5 Å². The van der Waals surface area contributed by atoms with Gasteiger partial charge in [-0.3, -0.25) is 4.90 Å². The quantitative estimate of drug-likeness (QED) is 0.217. The maximum atomic E-state index is 5.55. The minimum absolute atomic E-state index is 0. The molecule has 1 aromatic carbocycles. The minimum atomic E-state index is 0. The molecule has 174 valence electrons. The summed E-state index contributed by atoms with van der Waals surface area (Å²) in [5.41, 5.74) is 2.51. The molecule has 0 saturated carbocycles. The zero-order valence-electron chi connectivity index (χ0n) is 19.3. The Hall–Kier alpha value is -1.32. The van der Waals surface area contributed by atoms with Gasteiger partial charge in [0, 0.05) is 51.0 Å². The van der Waals surface area contributed by atoms with E-state index in [2.05, 4.69) is 77.6 Å². The van der Waals surface area contributed by atoms with Gasteiger partial charge < -0.3 is 20.3 Å². The Morgan fingerprint density at radius 1 is 1.13 bits per heavy atom. The van der Waals surface area contributed by atoms with E-state index in [0.29, 0.717) is 18.5 Å². The van der Waals surface area contributed by atoms with Gasteiger partial charge in [0.1, 0.15) is 0 Å². The number of morpholine rings is 1. The molecule has 3 rings (SSSR count). The second kappa shape index (κ2) is 14.0. The SMILES string of the molecule is CCNC(=NCc1cccc(N2CC=CC2)c1)NCC(CC(C)C)N1CCOCC1.I. The Morgan fingerprint density at radius 2 is 1.87 bits per heavy atom. The summed E-state index contributed by atoms with van der Waals surface area (Å²) in [6, 6.07) is 9.24. The van der Waals surface area contributed by atoms with Crippen LogP contribution in [-0.2, 0) is 11.3 Å². The van der Waals surface area contributed by atoms with Crippen LogP contribution < -0.4 is 15.5 Å². The van der Waals surface area contributed by atoms with Gasteiger partial charge in [0.05, 0.1) is 19.8 Å². The topological polar surface area (TPSA) is 52.1 Å². The maximum Gasteiger partial charge on any atom is 0.191 e. The number of rotatable bonds is 9. The predicted molar refractivity (Wildman–Crippen MR) is 142 cm³/mol. The van der Waals surface area contributed by atoms with Crippen LogP contribution in [0.2, 0.25) is 0 Å². The van der Waals surface area contributed by atoms with E-state index >= 15 is 0 Å². The highest BCUT2D eigenvalue weighted by Crippen LogP contribution is 2.19. The molecule has 1 fully saturated rings. The monoisotopic (exact) mass is 541 g/mol. The molecule has 2 N–H and O–H groups in total. The van der Waals surface area contributed by atoms with Crippen LogP contribution in [0.25, 0.3) is 0 Å². The number of benzene rings is 1. The van der Waals surface area contributed by atoms with Crippen molar-refractivity contribution < 1.29 is 4.74 Å². The number of hydrogen-bond donors (Lipinski definition) is 2. The van der Waals surface area contributed by atoms with Crippen LogP contribution in [-0.4, -0.2) is 69.4 Å². The van der Waals surface area contributed by atoms with Crippen molar-refractivity contribution in [2.24, 2.45) is 10.9 Å². The molecule has 0 bridgehead atoms. The Morgan fingerprint density at radius 3 is 2.55 bits per heavy atom. The van der Waals surface area contributed by atoms with Gasteiger partial charge in [-0.25, -0.2) is 4.99 Å². The number of hydrogen-bond acceptors (Lipinski definition) is 4. The molecule has 1 atom stereocenters. The summed E-state index contributed by atoms with van der Waals surface area (Å²) >= 11 is 0. The molecule has 7 heteroatoms.